The molecule has 1 aliphatic rings. The Morgan fingerprint density at radius 3 is 1.70 bits per heavy atom. The van der Waals surface area contributed by atoms with Crippen LogP contribution in [0.1, 0.15) is 44.9 Å². The quantitative estimate of drug-likeness (QED) is 0.368. The van der Waals surface area contributed by atoms with Crippen molar-refractivity contribution in [1.29, 1.82) is 0 Å². The smallest absolute Gasteiger partial charge is 0.852 e. The van der Waals surface area contributed by atoms with Crippen molar-refractivity contribution < 1.29 is 24.0 Å². The Kier molecular flexibility index (Phi) is 6.63. The molecular weight excluding hydrogens is 119 g/mol. The van der Waals surface area contributed by atoms with Gasteiger partial charge < -0.3 is 5.11 Å². The largest absolute Gasteiger partial charge is 1.00 e. The normalized spacial score (nSPS) is 22.5. The van der Waals surface area contributed by atoms with Crippen molar-refractivity contribution >= 4 is 0 Å². The van der Waals surface area contributed by atoms with Crippen molar-refractivity contribution in [3.8, 4) is 0 Å². The fourth-order valence-electron chi connectivity index (χ4n) is 1.42. The van der Waals surface area contributed by atoms with Crippen LogP contribution < -0.4 is 24.0 Å². The maximum absolute atomic E-state index is 10.9. The molecule has 0 atom stereocenters. The van der Waals surface area contributed by atoms with Crippen LogP contribution in [-0.2, 0) is 0 Å². The number of rotatable bonds is 0. The molecule has 0 N–H and O–H groups in total. The number of hydrogen-bond acceptors (Lipinski definition) is 1. The second-order valence-electron chi connectivity index (χ2n) is 2.97. The summed E-state index contributed by atoms with van der Waals surface area (Å²) in [6, 6.07) is 0. The van der Waals surface area contributed by atoms with Crippen LogP contribution >= 0.6 is 0 Å². The van der Waals surface area contributed by atoms with Crippen molar-refractivity contribution in [1.82, 2.24) is 0 Å². The van der Waals surface area contributed by atoms with E-state index in [4.69, 9.17) is 0 Å². The third kappa shape index (κ3) is 4.39. The molecule has 0 amide bonds. The SMILES string of the molecule is [Li+].[O-]C1CCCCCCC1. The fraction of sp³-hybridized carbons (Fsp3) is 1.00. The van der Waals surface area contributed by atoms with Crippen LogP contribution in [0.4, 0.5) is 0 Å². The zero-order valence-electron chi connectivity index (χ0n) is 6.94. The van der Waals surface area contributed by atoms with Gasteiger partial charge in [-0.25, -0.2) is 0 Å². The maximum Gasteiger partial charge on any atom is 1.00 e. The van der Waals surface area contributed by atoms with Crippen LogP contribution in [-0.4, -0.2) is 6.10 Å². The van der Waals surface area contributed by atoms with Gasteiger partial charge in [0, 0.05) is 0 Å². The van der Waals surface area contributed by atoms with E-state index >= 15 is 0 Å². The Morgan fingerprint density at radius 1 is 0.800 bits per heavy atom. The Labute approximate surface area is 75.4 Å². The molecule has 0 spiro atoms. The van der Waals surface area contributed by atoms with E-state index in [1.54, 1.807) is 0 Å². The third-order valence-electron chi connectivity index (χ3n) is 2.05. The minimum Gasteiger partial charge on any atom is -0.852 e. The van der Waals surface area contributed by atoms with E-state index in [2.05, 4.69) is 0 Å². The predicted octanol–water partition coefficient (Wildman–Crippen LogP) is -1.54. The predicted molar refractivity (Wildman–Crippen MR) is 36.1 cm³/mol. The molecule has 10 heavy (non-hydrogen) atoms. The Hall–Kier alpha value is 0.557. The van der Waals surface area contributed by atoms with Gasteiger partial charge in [-0.15, -0.1) is 6.10 Å². The van der Waals surface area contributed by atoms with Gasteiger partial charge in [-0.2, -0.15) is 0 Å². The molecule has 0 heterocycles. The molecular formula is C8H15LiO. The number of hydrogen-bond donors (Lipinski definition) is 0. The third-order valence-corrected chi connectivity index (χ3v) is 2.05. The summed E-state index contributed by atoms with van der Waals surface area (Å²) in [7, 11) is 0. The van der Waals surface area contributed by atoms with E-state index in [1.807, 2.05) is 0 Å². The molecule has 0 aromatic carbocycles. The average molecular weight is 134 g/mol. The summed E-state index contributed by atoms with van der Waals surface area (Å²) in [4.78, 5) is 0. The monoisotopic (exact) mass is 134 g/mol. The zero-order valence-corrected chi connectivity index (χ0v) is 6.94. The van der Waals surface area contributed by atoms with Gasteiger partial charge in [0.05, 0.1) is 0 Å². The van der Waals surface area contributed by atoms with Gasteiger partial charge in [0.15, 0.2) is 0 Å². The van der Waals surface area contributed by atoms with Crippen molar-refractivity contribution in [3.05, 3.63) is 0 Å². The fourth-order valence-corrected chi connectivity index (χ4v) is 1.42. The average Bonchev–Trinajstić information content (AvgIpc) is 1.79. The first-order valence-electron chi connectivity index (χ1n) is 4.05. The van der Waals surface area contributed by atoms with Gasteiger partial charge in [-0.3, -0.25) is 0 Å². The van der Waals surface area contributed by atoms with E-state index in [9.17, 15) is 5.11 Å². The molecule has 0 aliphatic heterocycles. The van der Waals surface area contributed by atoms with Gasteiger partial charge in [-0.1, -0.05) is 44.9 Å². The van der Waals surface area contributed by atoms with Crippen LogP contribution in [0.2, 0.25) is 0 Å². The second kappa shape index (κ2) is 6.28. The minimum atomic E-state index is -0.231. The van der Waals surface area contributed by atoms with E-state index in [0.29, 0.717) is 0 Å². The Morgan fingerprint density at radius 2 is 1.20 bits per heavy atom. The molecule has 0 aromatic rings. The van der Waals surface area contributed by atoms with Crippen LogP contribution in [0.25, 0.3) is 0 Å². The first kappa shape index (κ1) is 10.6. The molecule has 0 unspecified atom stereocenters. The molecule has 0 aromatic heterocycles. The maximum atomic E-state index is 10.9. The van der Waals surface area contributed by atoms with Gasteiger partial charge in [0.25, 0.3) is 0 Å². The van der Waals surface area contributed by atoms with Gasteiger partial charge >= 0.3 is 18.9 Å². The van der Waals surface area contributed by atoms with E-state index < -0.39 is 0 Å². The Bertz CT molecular complexity index is 67.7. The molecule has 0 saturated heterocycles. The zero-order chi connectivity index (χ0) is 6.53. The van der Waals surface area contributed by atoms with Crippen LogP contribution in [0.15, 0.2) is 0 Å². The molecule has 54 valence electrons. The summed E-state index contributed by atoms with van der Waals surface area (Å²) in [6.45, 7) is 0. The van der Waals surface area contributed by atoms with Gasteiger partial charge in [0.1, 0.15) is 0 Å². The molecule has 1 aliphatic carbocycles. The van der Waals surface area contributed by atoms with Crippen molar-refractivity contribution in [2.75, 3.05) is 0 Å². The molecule has 1 nitrogen and oxygen atoms in total. The van der Waals surface area contributed by atoms with Crippen molar-refractivity contribution in [2.24, 2.45) is 0 Å². The van der Waals surface area contributed by atoms with Crippen molar-refractivity contribution in [3.63, 3.8) is 0 Å². The summed E-state index contributed by atoms with van der Waals surface area (Å²) in [5, 5.41) is 10.9. The van der Waals surface area contributed by atoms with Crippen LogP contribution in [0.5, 0.6) is 0 Å². The standard InChI is InChI=1S/C8H15O.Li/c9-8-6-4-2-1-3-5-7-8;/h8H,1-7H2;/q-1;+1. The van der Waals surface area contributed by atoms with Crippen molar-refractivity contribution in [2.45, 2.75) is 51.0 Å². The summed E-state index contributed by atoms with van der Waals surface area (Å²) >= 11 is 0. The van der Waals surface area contributed by atoms with E-state index in [1.165, 1.54) is 32.1 Å². The molecule has 2 heteroatoms. The first-order valence-corrected chi connectivity index (χ1v) is 4.05. The second-order valence-corrected chi connectivity index (χ2v) is 2.97. The van der Waals surface area contributed by atoms with Gasteiger partial charge in [-0.05, 0) is 0 Å². The summed E-state index contributed by atoms with van der Waals surface area (Å²) < 4.78 is 0. The molecule has 1 saturated carbocycles. The molecule has 1 rings (SSSR count). The summed E-state index contributed by atoms with van der Waals surface area (Å²) in [5.41, 5.74) is 0. The van der Waals surface area contributed by atoms with E-state index in [0.717, 1.165) is 12.8 Å². The summed E-state index contributed by atoms with van der Waals surface area (Å²) in [6.07, 6.45) is 7.91. The van der Waals surface area contributed by atoms with Crippen LogP contribution in [0, 0.1) is 0 Å². The molecule has 0 bridgehead atoms. The first-order chi connectivity index (χ1) is 4.39. The van der Waals surface area contributed by atoms with Crippen LogP contribution in [0.3, 0.4) is 0 Å². The topological polar surface area (TPSA) is 23.1 Å². The molecule has 1 fully saturated rings. The summed E-state index contributed by atoms with van der Waals surface area (Å²) in [5.74, 6) is 0. The Balaban J connectivity index is 0.000000810. The van der Waals surface area contributed by atoms with Gasteiger partial charge in [0.2, 0.25) is 0 Å². The minimum absolute atomic E-state index is 0. The molecule has 0 radical (unpaired) electrons. The van der Waals surface area contributed by atoms with E-state index in [-0.39, 0.29) is 25.0 Å².